The van der Waals surface area contributed by atoms with Gasteiger partial charge in [0.05, 0.1) is 19.1 Å². The van der Waals surface area contributed by atoms with Crippen molar-refractivity contribution in [2.45, 2.75) is 39.3 Å². The molecule has 0 aliphatic carbocycles. The van der Waals surface area contributed by atoms with E-state index in [1.807, 2.05) is 30.5 Å². The Bertz CT molecular complexity index is 1420. The van der Waals surface area contributed by atoms with Crippen LogP contribution in [0.1, 0.15) is 47.3 Å². The second kappa shape index (κ2) is 12.3. The van der Waals surface area contributed by atoms with Gasteiger partial charge in [0.2, 0.25) is 5.89 Å². The Morgan fingerprint density at radius 2 is 1.97 bits per heavy atom. The molecule has 1 saturated heterocycles. The van der Waals surface area contributed by atoms with Crippen LogP contribution in [0.15, 0.2) is 65.4 Å². The van der Waals surface area contributed by atoms with Crippen molar-refractivity contribution in [2.75, 3.05) is 26.2 Å². The predicted molar refractivity (Wildman–Crippen MR) is 144 cm³/mol. The number of hydrogen-bond acceptors (Lipinski definition) is 6. The zero-order valence-corrected chi connectivity index (χ0v) is 22.1. The largest absolute Gasteiger partial charge is 0.466 e. The maximum Gasteiger partial charge on any atom is 0.309 e. The second-order valence-electron chi connectivity index (χ2n) is 9.90. The molecular formula is C30H33FN4O4. The number of fused-ring (bicyclic) bond motifs is 1. The number of benzene rings is 2. The number of rotatable bonds is 10. The van der Waals surface area contributed by atoms with Gasteiger partial charge in [0.15, 0.2) is 5.69 Å². The number of oxazole rings is 1. The van der Waals surface area contributed by atoms with Crippen molar-refractivity contribution >= 4 is 22.8 Å². The highest BCUT2D eigenvalue weighted by Crippen LogP contribution is 2.22. The van der Waals surface area contributed by atoms with E-state index in [-0.39, 0.29) is 29.3 Å². The molecule has 2 aromatic heterocycles. The normalized spacial score (nSPS) is 14.3. The highest BCUT2D eigenvalue weighted by atomic mass is 19.1. The zero-order valence-electron chi connectivity index (χ0n) is 22.1. The van der Waals surface area contributed by atoms with Gasteiger partial charge < -0.3 is 19.0 Å². The quantitative estimate of drug-likeness (QED) is 0.291. The van der Waals surface area contributed by atoms with Crippen molar-refractivity contribution in [2.24, 2.45) is 5.92 Å². The summed E-state index contributed by atoms with van der Waals surface area (Å²) in [5.74, 6) is -0.424. The van der Waals surface area contributed by atoms with Gasteiger partial charge in [-0.3, -0.25) is 14.5 Å². The molecule has 1 N–H and O–H groups in total. The topological polar surface area (TPSA) is 91.7 Å². The number of nitrogens with one attached hydrogen (secondary N) is 1. The second-order valence-corrected chi connectivity index (χ2v) is 9.90. The summed E-state index contributed by atoms with van der Waals surface area (Å²) < 4.78 is 24.7. The summed E-state index contributed by atoms with van der Waals surface area (Å²) in [7, 11) is 0. The fraction of sp³-hybridized carbons (Fsp3) is 0.367. The third-order valence-corrected chi connectivity index (χ3v) is 7.20. The molecule has 0 saturated carbocycles. The van der Waals surface area contributed by atoms with Gasteiger partial charge in [-0.05, 0) is 55.5 Å². The van der Waals surface area contributed by atoms with Gasteiger partial charge in [0.25, 0.3) is 5.91 Å². The molecule has 1 aliphatic heterocycles. The summed E-state index contributed by atoms with van der Waals surface area (Å²) in [5.41, 5.74) is 3.39. The highest BCUT2D eigenvalue weighted by Gasteiger charge is 2.30. The number of carbonyl (C=O) groups excluding carboxylic acids is 2. The molecule has 39 heavy (non-hydrogen) atoms. The number of amides is 1. The fourth-order valence-electron chi connectivity index (χ4n) is 5.14. The van der Waals surface area contributed by atoms with Crippen LogP contribution < -0.4 is 0 Å². The van der Waals surface area contributed by atoms with Crippen molar-refractivity contribution < 1.29 is 23.1 Å². The summed E-state index contributed by atoms with van der Waals surface area (Å²) in [6.07, 6.45) is 5.35. The van der Waals surface area contributed by atoms with E-state index < -0.39 is 0 Å². The first-order valence-corrected chi connectivity index (χ1v) is 13.4. The molecule has 9 heteroatoms. The maximum absolute atomic E-state index is 13.9. The SMILES string of the molecule is CCOC(=O)C1CCN(C(=O)c2coc(CN(CCc3c[nH]c4ccccc34)Cc3cccc(F)c3)n2)CC1. The molecular weight excluding hydrogens is 499 g/mol. The molecule has 8 nitrogen and oxygen atoms in total. The van der Waals surface area contributed by atoms with Gasteiger partial charge in [0, 0.05) is 43.3 Å². The fourth-order valence-corrected chi connectivity index (χ4v) is 5.14. The molecule has 4 aromatic rings. The number of carbonyl (C=O) groups is 2. The minimum atomic E-state index is -0.278. The summed E-state index contributed by atoms with van der Waals surface area (Å²) >= 11 is 0. The smallest absolute Gasteiger partial charge is 0.309 e. The highest BCUT2D eigenvalue weighted by molar-refractivity contribution is 5.92. The third kappa shape index (κ3) is 6.54. The number of H-pyrrole nitrogens is 1. The lowest BCUT2D eigenvalue weighted by Gasteiger charge is -2.30. The molecule has 0 spiro atoms. The van der Waals surface area contributed by atoms with E-state index >= 15 is 0 Å². The Hall–Kier alpha value is -3.98. The molecule has 0 radical (unpaired) electrons. The van der Waals surface area contributed by atoms with Crippen LogP contribution in [-0.4, -0.2) is 57.9 Å². The number of piperidine rings is 1. The Labute approximate surface area is 226 Å². The zero-order chi connectivity index (χ0) is 27.2. The molecule has 1 amide bonds. The number of likely N-dealkylation sites (tertiary alicyclic amines) is 1. The summed E-state index contributed by atoms with van der Waals surface area (Å²) in [6.45, 7) is 4.66. The molecule has 0 bridgehead atoms. The average Bonchev–Trinajstić information content (AvgIpc) is 3.59. The standard InChI is InChI=1S/C30H33FN4O4/c1-2-38-30(37)22-11-14-35(15-12-22)29(36)27-20-39-28(33-27)19-34(18-21-6-5-7-24(31)16-21)13-10-23-17-32-26-9-4-3-8-25(23)26/h3-9,16-17,20,22,32H,2,10-15,18-19H2,1H3. The Morgan fingerprint density at radius 3 is 2.77 bits per heavy atom. The third-order valence-electron chi connectivity index (χ3n) is 7.20. The van der Waals surface area contributed by atoms with E-state index in [0.717, 1.165) is 17.5 Å². The number of para-hydroxylation sites is 1. The van der Waals surface area contributed by atoms with E-state index in [9.17, 15) is 14.0 Å². The van der Waals surface area contributed by atoms with Crippen molar-refractivity contribution in [3.8, 4) is 0 Å². The van der Waals surface area contributed by atoms with Crippen LogP contribution in [0.3, 0.4) is 0 Å². The van der Waals surface area contributed by atoms with E-state index in [4.69, 9.17) is 9.15 Å². The van der Waals surface area contributed by atoms with E-state index in [0.29, 0.717) is 58.1 Å². The monoisotopic (exact) mass is 532 g/mol. The van der Waals surface area contributed by atoms with Crippen LogP contribution in [0, 0.1) is 11.7 Å². The Balaban J connectivity index is 1.24. The lowest BCUT2D eigenvalue weighted by atomic mass is 9.97. The number of esters is 1. The molecule has 1 aliphatic rings. The molecule has 204 valence electrons. The van der Waals surface area contributed by atoms with Gasteiger partial charge >= 0.3 is 5.97 Å². The lowest BCUT2D eigenvalue weighted by molar-refractivity contribution is -0.149. The first-order valence-electron chi connectivity index (χ1n) is 13.4. The van der Waals surface area contributed by atoms with Gasteiger partial charge in [-0.2, -0.15) is 0 Å². The predicted octanol–water partition coefficient (Wildman–Crippen LogP) is 4.96. The van der Waals surface area contributed by atoms with Gasteiger partial charge in [0.1, 0.15) is 12.1 Å². The first-order chi connectivity index (χ1) is 19.0. The number of nitrogens with zero attached hydrogens (tertiary/aromatic N) is 3. The summed E-state index contributed by atoms with van der Waals surface area (Å²) in [6, 6.07) is 14.7. The van der Waals surface area contributed by atoms with Gasteiger partial charge in [-0.15, -0.1) is 0 Å². The van der Waals surface area contributed by atoms with Crippen molar-refractivity contribution in [1.82, 2.24) is 19.8 Å². The Kier molecular flexibility index (Phi) is 8.36. The number of aromatic amines is 1. The first kappa shape index (κ1) is 26.6. The average molecular weight is 533 g/mol. The molecule has 0 atom stereocenters. The van der Waals surface area contributed by atoms with Crippen molar-refractivity contribution in [3.05, 3.63) is 89.5 Å². The van der Waals surface area contributed by atoms with E-state index in [1.54, 1.807) is 17.9 Å². The summed E-state index contributed by atoms with van der Waals surface area (Å²) in [5, 5.41) is 1.18. The summed E-state index contributed by atoms with van der Waals surface area (Å²) in [4.78, 5) is 36.7. The number of halogens is 1. The molecule has 5 rings (SSSR count). The van der Waals surface area contributed by atoms with Gasteiger partial charge in [-0.25, -0.2) is 9.37 Å². The van der Waals surface area contributed by atoms with Gasteiger partial charge in [-0.1, -0.05) is 30.3 Å². The van der Waals surface area contributed by atoms with E-state index in [1.165, 1.54) is 29.3 Å². The molecule has 2 aromatic carbocycles. The van der Waals surface area contributed by atoms with Crippen LogP contribution in [0.2, 0.25) is 0 Å². The molecule has 0 unspecified atom stereocenters. The Morgan fingerprint density at radius 1 is 1.15 bits per heavy atom. The van der Waals surface area contributed by atoms with E-state index in [2.05, 4.69) is 20.9 Å². The van der Waals surface area contributed by atoms with Crippen LogP contribution in [0.4, 0.5) is 4.39 Å². The lowest BCUT2D eigenvalue weighted by Crippen LogP contribution is -2.40. The molecule has 3 heterocycles. The number of ether oxygens (including phenoxy) is 1. The van der Waals surface area contributed by atoms with Crippen molar-refractivity contribution in [1.29, 1.82) is 0 Å². The van der Waals surface area contributed by atoms with Crippen molar-refractivity contribution in [3.63, 3.8) is 0 Å². The van der Waals surface area contributed by atoms with Crippen LogP contribution >= 0.6 is 0 Å². The number of aromatic nitrogens is 2. The maximum atomic E-state index is 13.9. The molecule has 1 fully saturated rings. The van der Waals surface area contributed by atoms with Crippen LogP contribution in [-0.2, 0) is 29.0 Å². The minimum absolute atomic E-state index is 0.171. The van der Waals surface area contributed by atoms with Crippen LogP contribution in [0.25, 0.3) is 10.9 Å². The van der Waals surface area contributed by atoms with Crippen LogP contribution in [0.5, 0.6) is 0 Å². The minimum Gasteiger partial charge on any atom is -0.466 e. The number of hydrogen-bond donors (Lipinski definition) is 1.